The zero-order valence-corrected chi connectivity index (χ0v) is 14.1. The SMILES string of the molecule is O=C(CN1CCC[C@H](c2noc(C3CC3)n2)C1)NC[C@@H]1CCOC1. The van der Waals surface area contributed by atoms with Crippen LogP contribution in [0.1, 0.15) is 55.7 Å². The highest BCUT2D eigenvalue weighted by Gasteiger charge is 2.32. The van der Waals surface area contributed by atoms with Crippen molar-refractivity contribution in [3.05, 3.63) is 11.7 Å². The van der Waals surface area contributed by atoms with Crippen molar-refractivity contribution in [1.29, 1.82) is 0 Å². The van der Waals surface area contributed by atoms with Crippen LogP contribution in [0.2, 0.25) is 0 Å². The van der Waals surface area contributed by atoms with Gasteiger partial charge in [-0.3, -0.25) is 9.69 Å². The van der Waals surface area contributed by atoms with Crippen molar-refractivity contribution in [2.24, 2.45) is 5.92 Å². The molecule has 3 fully saturated rings. The quantitative estimate of drug-likeness (QED) is 0.844. The Kier molecular flexibility index (Phi) is 4.80. The van der Waals surface area contributed by atoms with E-state index >= 15 is 0 Å². The topological polar surface area (TPSA) is 80.5 Å². The Balaban J connectivity index is 1.25. The highest BCUT2D eigenvalue weighted by atomic mass is 16.5. The molecule has 1 N–H and O–H groups in total. The number of hydrogen-bond acceptors (Lipinski definition) is 6. The van der Waals surface area contributed by atoms with E-state index in [1.165, 1.54) is 12.8 Å². The number of nitrogens with one attached hydrogen (secondary N) is 1. The Hall–Kier alpha value is -1.47. The number of carbonyl (C=O) groups excluding carboxylic acids is 1. The molecule has 0 radical (unpaired) electrons. The third-order valence-electron chi connectivity index (χ3n) is 5.23. The minimum Gasteiger partial charge on any atom is -0.381 e. The first-order valence-corrected chi connectivity index (χ1v) is 9.18. The first kappa shape index (κ1) is 16.0. The lowest BCUT2D eigenvalue weighted by Gasteiger charge is -2.30. The fourth-order valence-corrected chi connectivity index (χ4v) is 3.58. The molecule has 1 saturated carbocycles. The van der Waals surface area contributed by atoms with E-state index in [0.717, 1.165) is 63.8 Å². The summed E-state index contributed by atoms with van der Waals surface area (Å²) in [5, 5.41) is 7.22. The third kappa shape index (κ3) is 3.95. The molecule has 0 aromatic carbocycles. The van der Waals surface area contributed by atoms with Gasteiger partial charge in [0.15, 0.2) is 5.82 Å². The molecule has 0 unspecified atom stereocenters. The van der Waals surface area contributed by atoms with Crippen molar-refractivity contribution in [1.82, 2.24) is 20.4 Å². The van der Waals surface area contributed by atoms with E-state index in [9.17, 15) is 4.79 Å². The van der Waals surface area contributed by atoms with E-state index in [4.69, 9.17) is 9.26 Å². The standard InChI is InChI=1S/C17H26N4O3/c22-15(18-8-12-5-7-23-11-12)10-21-6-1-2-14(9-21)16-19-17(24-20-16)13-3-4-13/h12-14H,1-11H2,(H,18,22)/t12-,14-/m0/s1. The molecule has 132 valence electrons. The van der Waals surface area contributed by atoms with Crippen molar-refractivity contribution in [3.63, 3.8) is 0 Å². The summed E-state index contributed by atoms with van der Waals surface area (Å²) in [5.41, 5.74) is 0. The molecular weight excluding hydrogens is 308 g/mol. The van der Waals surface area contributed by atoms with Crippen LogP contribution >= 0.6 is 0 Å². The van der Waals surface area contributed by atoms with Gasteiger partial charge in [-0.1, -0.05) is 5.16 Å². The second kappa shape index (κ2) is 7.19. The Labute approximate surface area is 142 Å². The average Bonchev–Trinajstić information content (AvgIpc) is 3.12. The molecule has 0 bridgehead atoms. The van der Waals surface area contributed by atoms with Gasteiger partial charge in [-0.25, -0.2) is 0 Å². The van der Waals surface area contributed by atoms with E-state index in [1.807, 2.05) is 0 Å². The van der Waals surface area contributed by atoms with Crippen LogP contribution in [0.4, 0.5) is 0 Å². The molecule has 2 atom stereocenters. The van der Waals surface area contributed by atoms with Crippen molar-refractivity contribution in [2.45, 2.75) is 43.9 Å². The molecule has 1 amide bonds. The predicted molar refractivity (Wildman–Crippen MR) is 86.6 cm³/mol. The van der Waals surface area contributed by atoms with Crippen LogP contribution in [0, 0.1) is 5.92 Å². The summed E-state index contributed by atoms with van der Waals surface area (Å²) >= 11 is 0. The smallest absolute Gasteiger partial charge is 0.234 e. The molecular formula is C17H26N4O3. The summed E-state index contributed by atoms with van der Waals surface area (Å²) < 4.78 is 10.7. The van der Waals surface area contributed by atoms with Crippen molar-refractivity contribution in [2.75, 3.05) is 39.4 Å². The molecule has 7 nitrogen and oxygen atoms in total. The number of carbonyl (C=O) groups is 1. The molecule has 2 saturated heterocycles. The predicted octanol–water partition coefficient (Wildman–Crippen LogP) is 1.28. The van der Waals surface area contributed by atoms with Gasteiger partial charge in [-0.05, 0) is 38.6 Å². The van der Waals surface area contributed by atoms with Gasteiger partial charge in [0.2, 0.25) is 11.8 Å². The molecule has 1 aromatic heterocycles. The van der Waals surface area contributed by atoms with Crippen LogP contribution in [-0.4, -0.2) is 60.3 Å². The van der Waals surface area contributed by atoms with E-state index < -0.39 is 0 Å². The fraction of sp³-hybridized carbons (Fsp3) is 0.824. The third-order valence-corrected chi connectivity index (χ3v) is 5.23. The maximum Gasteiger partial charge on any atom is 0.234 e. The average molecular weight is 334 g/mol. The lowest BCUT2D eigenvalue weighted by Crippen LogP contribution is -2.43. The molecule has 24 heavy (non-hydrogen) atoms. The second-order valence-electron chi connectivity index (χ2n) is 7.37. The molecule has 3 heterocycles. The lowest BCUT2D eigenvalue weighted by molar-refractivity contribution is -0.122. The Morgan fingerprint density at radius 1 is 1.25 bits per heavy atom. The van der Waals surface area contributed by atoms with Gasteiger partial charge >= 0.3 is 0 Å². The van der Waals surface area contributed by atoms with E-state index in [1.54, 1.807) is 0 Å². The number of likely N-dealkylation sites (tertiary alicyclic amines) is 1. The Morgan fingerprint density at radius 3 is 2.96 bits per heavy atom. The van der Waals surface area contributed by atoms with Crippen LogP contribution < -0.4 is 5.32 Å². The maximum atomic E-state index is 12.2. The van der Waals surface area contributed by atoms with Crippen LogP contribution in [-0.2, 0) is 9.53 Å². The number of nitrogens with zero attached hydrogens (tertiary/aromatic N) is 3. The van der Waals surface area contributed by atoms with Crippen LogP contribution in [0.3, 0.4) is 0 Å². The van der Waals surface area contributed by atoms with E-state index in [2.05, 4.69) is 20.4 Å². The van der Waals surface area contributed by atoms with Crippen LogP contribution in [0.25, 0.3) is 0 Å². The maximum absolute atomic E-state index is 12.2. The largest absolute Gasteiger partial charge is 0.381 e. The normalized spacial score (nSPS) is 28.2. The van der Waals surface area contributed by atoms with Crippen LogP contribution in [0.5, 0.6) is 0 Å². The summed E-state index contributed by atoms with van der Waals surface area (Å²) in [6.07, 6.45) is 5.53. The molecule has 2 aliphatic heterocycles. The van der Waals surface area contributed by atoms with Gasteiger partial charge in [0, 0.05) is 37.5 Å². The molecule has 1 aromatic rings. The zero-order chi connectivity index (χ0) is 16.4. The van der Waals surface area contributed by atoms with Crippen molar-refractivity contribution in [3.8, 4) is 0 Å². The first-order valence-electron chi connectivity index (χ1n) is 9.18. The summed E-state index contributed by atoms with van der Waals surface area (Å²) in [6.45, 7) is 4.58. The highest BCUT2D eigenvalue weighted by Crippen LogP contribution is 2.39. The second-order valence-corrected chi connectivity index (χ2v) is 7.37. The van der Waals surface area contributed by atoms with E-state index in [0.29, 0.717) is 18.4 Å². The summed E-state index contributed by atoms with van der Waals surface area (Å²) in [4.78, 5) is 19.0. The Morgan fingerprint density at radius 2 is 2.17 bits per heavy atom. The van der Waals surface area contributed by atoms with Gasteiger partial charge in [0.1, 0.15) is 0 Å². The van der Waals surface area contributed by atoms with Crippen LogP contribution in [0.15, 0.2) is 4.52 Å². The monoisotopic (exact) mass is 334 g/mol. The molecule has 0 spiro atoms. The van der Waals surface area contributed by atoms with Gasteiger partial charge in [0.05, 0.1) is 13.2 Å². The fourth-order valence-electron chi connectivity index (χ4n) is 3.58. The minimum absolute atomic E-state index is 0.106. The van der Waals surface area contributed by atoms with Crippen molar-refractivity contribution < 1.29 is 14.1 Å². The molecule has 7 heteroatoms. The van der Waals surface area contributed by atoms with E-state index in [-0.39, 0.29) is 11.8 Å². The number of piperidine rings is 1. The molecule has 1 aliphatic carbocycles. The number of amides is 1. The zero-order valence-electron chi connectivity index (χ0n) is 14.1. The lowest BCUT2D eigenvalue weighted by atomic mass is 9.97. The summed E-state index contributed by atoms with van der Waals surface area (Å²) in [6, 6.07) is 0. The Bertz CT molecular complexity index is 566. The van der Waals surface area contributed by atoms with Gasteiger partial charge in [-0.15, -0.1) is 0 Å². The number of rotatable bonds is 6. The molecule has 3 aliphatic rings. The summed E-state index contributed by atoms with van der Waals surface area (Å²) in [7, 11) is 0. The minimum atomic E-state index is 0.106. The van der Waals surface area contributed by atoms with Gasteiger partial charge in [0.25, 0.3) is 0 Å². The molecule has 4 rings (SSSR count). The number of ether oxygens (including phenoxy) is 1. The first-order chi connectivity index (χ1) is 11.8. The van der Waals surface area contributed by atoms with Gasteiger partial charge < -0.3 is 14.6 Å². The van der Waals surface area contributed by atoms with Gasteiger partial charge in [-0.2, -0.15) is 4.98 Å². The highest BCUT2D eigenvalue weighted by molar-refractivity contribution is 5.78. The van der Waals surface area contributed by atoms with Crippen molar-refractivity contribution >= 4 is 5.91 Å². The number of hydrogen-bond donors (Lipinski definition) is 1. The summed E-state index contributed by atoms with van der Waals surface area (Å²) in [5.74, 6) is 2.99. The number of aromatic nitrogens is 2.